The third kappa shape index (κ3) is 2.31. The van der Waals surface area contributed by atoms with Gasteiger partial charge < -0.3 is 0 Å². The molecule has 23 heavy (non-hydrogen) atoms. The van der Waals surface area contributed by atoms with E-state index in [2.05, 4.69) is 92.7 Å². The smallest absolute Gasteiger partial charge is 0.00547 e. The molecule has 0 saturated heterocycles. The van der Waals surface area contributed by atoms with Gasteiger partial charge in [-0.25, -0.2) is 0 Å². The molecule has 0 aromatic heterocycles. The zero-order valence-electron chi connectivity index (χ0n) is 13.5. The SMILES string of the molecule is CC(C)c1[c]c2cccccc-2c1-c1cccc2ccccc12. The van der Waals surface area contributed by atoms with Crippen LogP contribution in [0.2, 0.25) is 0 Å². The molecule has 0 spiro atoms. The Labute approximate surface area is 137 Å². The van der Waals surface area contributed by atoms with E-state index in [1.807, 2.05) is 0 Å². The molecule has 0 saturated carbocycles. The summed E-state index contributed by atoms with van der Waals surface area (Å²) in [5.41, 5.74) is 6.44. The van der Waals surface area contributed by atoms with E-state index in [9.17, 15) is 0 Å². The number of hydrogen-bond donors (Lipinski definition) is 0. The fourth-order valence-electron chi connectivity index (χ4n) is 3.39. The van der Waals surface area contributed by atoms with Gasteiger partial charge in [0.05, 0.1) is 0 Å². The fraction of sp³-hybridized carbons (Fsp3) is 0.130. The summed E-state index contributed by atoms with van der Waals surface area (Å²) in [6.07, 6.45) is 0. The van der Waals surface area contributed by atoms with Gasteiger partial charge in [0.1, 0.15) is 0 Å². The topological polar surface area (TPSA) is 0 Å². The Hall–Kier alpha value is -2.60. The standard InChI is InChI=1S/C23H19/c1-16(2)22-15-18-10-4-3-5-13-20(18)23(22)21-14-8-11-17-9-6-7-12-19(17)21/h3-14,16H,1-2H3. The zero-order valence-corrected chi connectivity index (χ0v) is 13.5. The van der Waals surface area contributed by atoms with Gasteiger partial charge in [-0.05, 0) is 50.6 Å². The average Bonchev–Trinajstić information content (AvgIpc) is 2.77. The first kappa shape index (κ1) is 14.0. The number of fused-ring (bicyclic) bond motifs is 2. The van der Waals surface area contributed by atoms with Crippen molar-refractivity contribution in [3.05, 3.63) is 84.4 Å². The Morgan fingerprint density at radius 3 is 2.26 bits per heavy atom. The van der Waals surface area contributed by atoms with Crippen molar-refractivity contribution in [1.82, 2.24) is 0 Å². The van der Waals surface area contributed by atoms with Crippen LogP contribution in [0.15, 0.2) is 72.8 Å². The summed E-state index contributed by atoms with van der Waals surface area (Å²) in [4.78, 5) is 0. The normalized spacial score (nSPS) is 11.4. The third-order valence-corrected chi connectivity index (χ3v) is 4.48. The predicted molar refractivity (Wildman–Crippen MR) is 98.9 cm³/mol. The summed E-state index contributed by atoms with van der Waals surface area (Å²) >= 11 is 0. The van der Waals surface area contributed by atoms with Crippen LogP contribution in [0.3, 0.4) is 0 Å². The van der Waals surface area contributed by atoms with Crippen LogP contribution in [0, 0.1) is 6.07 Å². The molecule has 111 valence electrons. The van der Waals surface area contributed by atoms with Crippen molar-refractivity contribution in [2.75, 3.05) is 0 Å². The summed E-state index contributed by atoms with van der Waals surface area (Å²) in [5, 5.41) is 2.60. The molecule has 0 fully saturated rings. The summed E-state index contributed by atoms with van der Waals surface area (Å²) in [5.74, 6) is 0.446. The van der Waals surface area contributed by atoms with Crippen molar-refractivity contribution >= 4 is 10.8 Å². The van der Waals surface area contributed by atoms with Crippen molar-refractivity contribution in [3.63, 3.8) is 0 Å². The van der Waals surface area contributed by atoms with E-state index in [0.29, 0.717) is 5.92 Å². The van der Waals surface area contributed by atoms with Crippen LogP contribution in [-0.4, -0.2) is 0 Å². The highest BCUT2D eigenvalue weighted by Crippen LogP contribution is 2.43. The van der Waals surface area contributed by atoms with Crippen molar-refractivity contribution in [3.8, 4) is 22.3 Å². The first-order valence-electron chi connectivity index (χ1n) is 8.18. The molecule has 1 radical (unpaired) electrons. The van der Waals surface area contributed by atoms with Crippen molar-refractivity contribution in [2.24, 2.45) is 0 Å². The summed E-state index contributed by atoms with van der Waals surface area (Å²) < 4.78 is 0. The van der Waals surface area contributed by atoms with Gasteiger partial charge in [-0.15, -0.1) is 0 Å². The van der Waals surface area contributed by atoms with E-state index in [-0.39, 0.29) is 0 Å². The highest BCUT2D eigenvalue weighted by Gasteiger charge is 2.20. The van der Waals surface area contributed by atoms with Crippen LogP contribution in [0.4, 0.5) is 0 Å². The summed E-state index contributed by atoms with van der Waals surface area (Å²) in [6, 6.07) is 29.5. The third-order valence-electron chi connectivity index (χ3n) is 4.48. The van der Waals surface area contributed by atoms with Gasteiger partial charge in [0, 0.05) is 0 Å². The maximum absolute atomic E-state index is 3.65. The first-order chi connectivity index (χ1) is 11.3. The molecule has 0 unspecified atom stereocenters. The molecule has 0 N–H and O–H groups in total. The van der Waals surface area contributed by atoms with Crippen LogP contribution in [0.5, 0.6) is 0 Å². The molecule has 0 aliphatic heterocycles. The van der Waals surface area contributed by atoms with Crippen LogP contribution >= 0.6 is 0 Å². The Bertz CT molecular complexity index is 942. The van der Waals surface area contributed by atoms with Gasteiger partial charge in [-0.3, -0.25) is 0 Å². The minimum atomic E-state index is 0.446. The minimum absolute atomic E-state index is 0.446. The molecule has 2 aliphatic carbocycles. The van der Waals surface area contributed by atoms with Gasteiger partial charge in [-0.2, -0.15) is 0 Å². The maximum Gasteiger partial charge on any atom is -0.00547 e. The van der Waals surface area contributed by atoms with Gasteiger partial charge in [0.15, 0.2) is 0 Å². The molecule has 0 amide bonds. The lowest BCUT2D eigenvalue weighted by molar-refractivity contribution is 0.872. The molecular formula is C23H19. The Kier molecular flexibility index (Phi) is 3.38. The van der Waals surface area contributed by atoms with E-state index in [1.165, 1.54) is 38.6 Å². The Morgan fingerprint density at radius 2 is 1.39 bits per heavy atom. The molecular weight excluding hydrogens is 276 g/mol. The van der Waals surface area contributed by atoms with Crippen molar-refractivity contribution in [2.45, 2.75) is 19.8 Å². The Balaban J connectivity index is 2.11. The second kappa shape index (κ2) is 5.55. The van der Waals surface area contributed by atoms with E-state index >= 15 is 0 Å². The number of benzene rings is 2. The molecule has 2 aliphatic rings. The highest BCUT2D eigenvalue weighted by atomic mass is 14.2. The molecule has 0 atom stereocenters. The second-order valence-electron chi connectivity index (χ2n) is 6.33. The lowest BCUT2D eigenvalue weighted by Gasteiger charge is -2.12. The first-order valence-corrected chi connectivity index (χ1v) is 8.18. The zero-order chi connectivity index (χ0) is 15.8. The van der Waals surface area contributed by atoms with Crippen LogP contribution in [-0.2, 0) is 0 Å². The number of hydrogen-bond acceptors (Lipinski definition) is 0. The molecule has 2 aromatic carbocycles. The summed E-state index contributed by atoms with van der Waals surface area (Å²) in [7, 11) is 0. The lowest BCUT2D eigenvalue weighted by atomic mass is 9.91. The predicted octanol–water partition coefficient (Wildman–Crippen LogP) is 6.54. The molecule has 2 aromatic rings. The van der Waals surface area contributed by atoms with Crippen LogP contribution < -0.4 is 0 Å². The lowest BCUT2D eigenvalue weighted by Crippen LogP contribution is -1.89. The van der Waals surface area contributed by atoms with Gasteiger partial charge >= 0.3 is 0 Å². The second-order valence-corrected chi connectivity index (χ2v) is 6.33. The van der Waals surface area contributed by atoms with Crippen molar-refractivity contribution < 1.29 is 0 Å². The van der Waals surface area contributed by atoms with E-state index in [4.69, 9.17) is 0 Å². The van der Waals surface area contributed by atoms with Crippen LogP contribution in [0.1, 0.15) is 25.3 Å². The Morgan fingerprint density at radius 1 is 0.696 bits per heavy atom. The molecule has 0 bridgehead atoms. The summed E-state index contributed by atoms with van der Waals surface area (Å²) in [6.45, 7) is 4.50. The van der Waals surface area contributed by atoms with Crippen LogP contribution in [0.25, 0.3) is 33.0 Å². The number of rotatable bonds is 2. The van der Waals surface area contributed by atoms with Gasteiger partial charge in [0.2, 0.25) is 0 Å². The van der Waals surface area contributed by atoms with E-state index in [1.54, 1.807) is 0 Å². The monoisotopic (exact) mass is 295 g/mol. The highest BCUT2D eigenvalue weighted by molar-refractivity contribution is 6.02. The van der Waals surface area contributed by atoms with Gasteiger partial charge in [0.25, 0.3) is 0 Å². The molecule has 0 heteroatoms. The van der Waals surface area contributed by atoms with Crippen molar-refractivity contribution in [1.29, 1.82) is 0 Å². The quantitative estimate of drug-likeness (QED) is 0.394. The van der Waals surface area contributed by atoms with Gasteiger partial charge in [-0.1, -0.05) is 86.6 Å². The largest absolute Gasteiger partial charge is 0.0622 e. The molecule has 0 nitrogen and oxygen atoms in total. The maximum atomic E-state index is 3.65. The average molecular weight is 295 g/mol. The van der Waals surface area contributed by atoms with E-state index < -0.39 is 0 Å². The molecule has 0 heterocycles. The fourth-order valence-corrected chi connectivity index (χ4v) is 3.39. The minimum Gasteiger partial charge on any atom is -0.0622 e. The molecule has 4 rings (SSSR count). The van der Waals surface area contributed by atoms with E-state index in [0.717, 1.165) is 0 Å².